The zero-order valence-electron chi connectivity index (χ0n) is 13.2. The fourth-order valence-electron chi connectivity index (χ4n) is 2.50. The maximum atomic E-state index is 8.70. The van der Waals surface area contributed by atoms with Gasteiger partial charge in [0.05, 0.1) is 5.52 Å². The first kappa shape index (κ1) is 16.5. The van der Waals surface area contributed by atoms with Gasteiger partial charge in [0.1, 0.15) is 5.69 Å². The van der Waals surface area contributed by atoms with Gasteiger partial charge in [-0.25, -0.2) is 4.98 Å². The molecular weight excluding hydrogens is 270 g/mol. The molecule has 1 heterocycles. The van der Waals surface area contributed by atoms with Crippen molar-refractivity contribution < 1.29 is 5.11 Å². The van der Waals surface area contributed by atoms with E-state index in [1.165, 1.54) is 32.1 Å². The van der Waals surface area contributed by atoms with E-state index in [1.54, 1.807) is 0 Å². The van der Waals surface area contributed by atoms with Gasteiger partial charge in [0.15, 0.2) is 0 Å². The minimum atomic E-state index is 0.332. The maximum absolute atomic E-state index is 8.70. The van der Waals surface area contributed by atoms with E-state index in [9.17, 15) is 0 Å². The third kappa shape index (κ3) is 5.87. The van der Waals surface area contributed by atoms with Gasteiger partial charge in [-0.2, -0.15) is 0 Å². The third-order valence-corrected chi connectivity index (χ3v) is 3.77. The third-order valence-electron chi connectivity index (χ3n) is 3.77. The highest BCUT2D eigenvalue weighted by Gasteiger charge is 1.94. The van der Waals surface area contributed by atoms with E-state index in [0.29, 0.717) is 6.61 Å². The Hall–Kier alpha value is -1.85. The number of pyridine rings is 1. The van der Waals surface area contributed by atoms with Crippen LogP contribution in [0.4, 0.5) is 0 Å². The van der Waals surface area contributed by atoms with Crippen LogP contribution in [0.25, 0.3) is 10.9 Å². The predicted molar refractivity (Wildman–Crippen MR) is 92.6 cm³/mol. The van der Waals surface area contributed by atoms with Crippen LogP contribution in [0, 0.1) is 11.8 Å². The molecule has 116 valence electrons. The van der Waals surface area contributed by atoms with Crippen molar-refractivity contribution in [1.82, 2.24) is 4.98 Å². The smallest absolute Gasteiger partial charge is 0.113 e. The van der Waals surface area contributed by atoms with E-state index < -0.39 is 0 Å². The highest BCUT2D eigenvalue weighted by Crippen LogP contribution is 2.11. The van der Waals surface area contributed by atoms with Crippen molar-refractivity contribution in [2.75, 3.05) is 6.61 Å². The number of aliphatic hydroxyl groups excluding tert-OH is 1. The van der Waals surface area contributed by atoms with Crippen LogP contribution in [-0.4, -0.2) is 16.7 Å². The molecule has 0 atom stereocenters. The Balaban J connectivity index is 1.65. The fourth-order valence-corrected chi connectivity index (χ4v) is 2.50. The van der Waals surface area contributed by atoms with Gasteiger partial charge in [-0.3, -0.25) is 0 Å². The quantitative estimate of drug-likeness (QED) is 0.565. The van der Waals surface area contributed by atoms with Crippen LogP contribution < -0.4 is 0 Å². The Kier molecular flexibility index (Phi) is 7.49. The number of nitrogens with zero attached hydrogens (tertiary/aromatic N) is 1. The van der Waals surface area contributed by atoms with Crippen molar-refractivity contribution in [1.29, 1.82) is 0 Å². The summed E-state index contributed by atoms with van der Waals surface area (Å²) in [5.41, 5.74) is 1.87. The van der Waals surface area contributed by atoms with Crippen LogP contribution in [0.2, 0.25) is 0 Å². The molecule has 0 saturated heterocycles. The Morgan fingerprint density at radius 2 is 1.55 bits per heavy atom. The Bertz CT molecular complexity index is 624. The zero-order valence-corrected chi connectivity index (χ0v) is 13.2. The van der Waals surface area contributed by atoms with Crippen molar-refractivity contribution in [3.05, 3.63) is 42.1 Å². The van der Waals surface area contributed by atoms with E-state index in [-0.39, 0.29) is 0 Å². The number of benzene rings is 1. The molecule has 0 saturated carbocycles. The van der Waals surface area contributed by atoms with Crippen LogP contribution in [-0.2, 0) is 0 Å². The van der Waals surface area contributed by atoms with Gasteiger partial charge in [0, 0.05) is 18.4 Å². The lowest BCUT2D eigenvalue weighted by Gasteiger charge is -1.99. The molecule has 1 N–H and O–H groups in total. The van der Waals surface area contributed by atoms with E-state index in [0.717, 1.165) is 35.9 Å². The molecule has 0 aliphatic rings. The molecule has 2 aromatic rings. The molecule has 0 amide bonds. The van der Waals surface area contributed by atoms with Crippen LogP contribution in [0.5, 0.6) is 0 Å². The molecule has 1 aromatic carbocycles. The lowest BCUT2D eigenvalue weighted by atomic mass is 10.1. The molecule has 0 aliphatic heterocycles. The summed E-state index contributed by atoms with van der Waals surface area (Å²) in [5, 5.41) is 9.86. The molecule has 0 aliphatic carbocycles. The first-order valence-electron chi connectivity index (χ1n) is 8.36. The lowest BCUT2D eigenvalue weighted by molar-refractivity contribution is 0.282. The summed E-state index contributed by atoms with van der Waals surface area (Å²) in [5.74, 6) is 6.40. The molecular formula is C20H25NO. The van der Waals surface area contributed by atoms with Gasteiger partial charge in [0.25, 0.3) is 0 Å². The largest absolute Gasteiger partial charge is 0.396 e. The predicted octanol–water partition coefficient (Wildman–Crippen LogP) is 4.70. The first-order chi connectivity index (χ1) is 10.9. The molecule has 0 unspecified atom stereocenters. The van der Waals surface area contributed by atoms with Gasteiger partial charge in [-0.1, -0.05) is 62.3 Å². The van der Waals surface area contributed by atoms with Gasteiger partial charge >= 0.3 is 0 Å². The number of aliphatic hydroxyl groups is 1. The van der Waals surface area contributed by atoms with E-state index in [2.05, 4.69) is 29.0 Å². The van der Waals surface area contributed by atoms with Gasteiger partial charge in [0.2, 0.25) is 0 Å². The second-order valence-corrected chi connectivity index (χ2v) is 5.64. The minimum absolute atomic E-state index is 0.332. The van der Waals surface area contributed by atoms with Crippen molar-refractivity contribution >= 4 is 10.9 Å². The standard InChI is InChI=1S/C20H25NO/c22-17-11-7-5-3-1-2-4-6-8-13-19-16-15-18-12-9-10-14-20(18)21-19/h9-10,12,14-16,22H,1-7,11,17H2. The number of hydrogen-bond acceptors (Lipinski definition) is 2. The van der Waals surface area contributed by atoms with Gasteiger partial charge < -0.3 is 5.11 Å². The number of aromatic nitrogens is 1. The topological polar surface area (TPSA) is 33.1 Å². The van der Waals surface area contributed by atoms with Crippen molar-refractivity contribution in [3.8, 4) is 11.8 Å². The number of rotatable bonds is 8. The molecule has 2 nitrogen and oxygen atoms in total. The first-order valence-corrected chi connectivity index (χ1v) is 8.36. The highest BCUT2D eigenvalue weighted by atomic mass is 16.2. The monoisotopic (exact) mass is 295 g/mol. The average molecular weight is 295 g/mol. The summed E-state index contributed by atoms with van der Waals surface area (Å²) in [6.45, 7) is 0.332. The summed E-state index contributed by atoms with van der Waals surface area (Å²) in [7, 11) is 0. The molecule has 0 fully saturated rings. The van der Waals surface area contributed by atoms with E-state index >= 15 is 0 Å². The highest BCUT2D eigenvalue weighted by molar-refractivity contribution is 5.78. The fraction of sp³-hybridized carbons (Fsp3) is 0.450. The van der Waals surface area contributed by atoms with Crippen LogP contribution in [0.1, 0.15) is 57.1 Å². The Morgan fingerprint density at radius 1 is 0.818 bits per heavy atom. The maximum Gasteiger partial charge on any atom is 0.113 e. The average Bonchev–Trinajstić information content (AvgIpc) is 2.56. The van der Waals surface area contributed by atoms with E-state index in [1.807, 2.05) is 24.3 Å². The van der Waals surface area contributed by atoms with Crippen molar-refractivity contribution in [2.24, 2.45) is 0 Å². The summed E-state index contributed by atoms with van der Waals surface area (Å²) in [4.78, 5) is 4.56. The number of hydrogen-bond donors (Lipinski definition) is 1. The van der Waals surface area contributed by atoms with Crippen molar-refractivity contribution in [3.63, 3.8) is 0 Å². The minimum Gasteiger partial charge on any atom is -0.396 e. The van der Waals surface area contributed by atoms with Crippen LogP contribution in [0.3, 0.4) is 0 Å². The summed E-state index contributed by atoms with van der Waals surface area (Å²) >= 11 is 0. The lowest BCUT2D eigenvalue weighted by Crippen LogP contribution is -1.84. The molecule has 0 bridgehead atoms. The Labute approximate surface area is 133 Å². The number of fused-ring (bicyclic) bond motifs is 1. The second-order valence-electron chi connectivity index (χ2n) is 5.64. The molecule has 0 radical (unpaired) electrons. The second kappa shape index (κ2) is 9.97. The molecule has 1 aromatic heterocycles. The zero-order chi connectivity index (χ0) is 15.5. The number of unbranched alkanes of at least 4 members (excludes halogenated alkanes) is 7. The molecule has 0 spiro atoms. The summed E-state index contributed by atoms with van der Waals surface area (Å²) in [6, 6.07) is 12.2. The molecule has 2 rings (SSSR count). The summed E-state index contributed by atoms with van der Waals surface area (Å²) in [6.07, 6.45) is 9.27. The molecule has 2 heteroatoms. The van der Waals surface area contributed by atoms with Gasteiger partial charge in [-0.05, 0) is 30.9 Å². The number of para-hydroxylation sites is 1. The Morgan fingerprint density at radius 3 is 2.36 bits per heavy atom. The van der Waals surface area contributed by atoms with Gasteiger partial charge in [-0.15, -0.1) is 0 Å². The molecule has 22 heavy (non-hydrogen) atoms. The normalized spacial score (nSPS) is 10.4. The van der Waals surface area contributed by atoms with Crippen LogP contribution >= 0.6 is 0 Å². The van der Waals surface area contributed by atoms with E-state index in [4.69, 9.17) is 5.11 Å². The van der Waals surface area contributed by atoms with Crippen LogP contribution in [0.15, 0.2) is 36.4 Å². The van der Waals surface area contributed by atoms with Crippen molar-refractivity contribution in [2.45, 2.75) is 51.4 Å². The summed E-state index contributed by atoms with van der Waals surface area (Å²) < 4.78 is 0. The SMILES string of the molecule is OCCCCCCCCCC#Cc1ccc2ccccc2n1.